The molecule has 0 aliphatic heterocycles. The molecule has 0 aliphatic rings. The van der Waals surface area contributed by atoms with Crippen molar-refractivity contribution in [1.29, 1.82) is 5.26 Å². The number of ether oxygens (including phenoxy) is 1. The standard InChI is InChI=1S/C17H17N3O3/c1-11-8-12(2)20(17(22)13(11)9-18)10-16(21)19-14-6-4-5-7-15(14)23-3/h4-8H,10H2,1-3H3,(H,19,21). The van der Waals surface area contributed by atoms with Gasteiger partial charge in [-0.05, 0) is 37.6 Å². The summed E-state index contributed by atoms with van der Waals surface area (Å²) in [4.78, 5) is 24.5. The van der Waals surface area contributed by atoms with Gasteiger partial charge in [0, 0.05) is 5.69 Å². The molecule has 1 aromatic heterocycles. The SMILES string of the molecule is COc1ccccc1NC(=O)Cn1c(C)cc(C)c(C#N)c1=O. The van der Waals surface area contributed by atoms with E-state index < -0.39 is 5.56 Å². The summed E-state index contributed by atoms with van der Waals surface area (Å²) < 4.78 is 6.46. The number of nitrogens with one attached hydrogen (secondary N) is 1. The maximum Gasteiger partial charge on any atom is 0.269 e. The Hall–Kier alpha value is -3.07. The maximum absolute atomic E-state index is 12.3. The van der Waals surface area contributed by atoms with Gasteiger partial charge < -0.3 is 14.6 Å². The number of carbonyl (C=O) groups is 1. The second-order valence-electron chi connectivity index (χ2n) is 5.10. The fourth-order valence-electron chi connectivity index (χ4n) is 2.34. The minimum atomic E-state index is -0.458. The van der Waals surface area contributed by atoms with E-state index >= 15 is 0 Å². The third kappa shape index (κ3) is 3.40. The first kappa shape index (κ1) is 16.3. The highest BCUT2D eigenvalue weighted by Crippen LogP contribution is 2.22. The number of hydrogen-bond donors (Lipinski definition) is 1. The molecule has 0 aliphatic carbocycles. The second kappa shape index (κ2) is 6.79. The van der Waals surface area contributed by atoms with E-state index in [0.717, 1.165) is 0 Å². The highest BCUT2D eigenvalue weighted by atomic mass is 16.5. The highest BCUT2D eigenvalue weighted by molar-refractivity contribution is 5.92. The lowest BCUT2D eigenvalue weighted by molar-refractivity contribution is -0.116. The van der Waals surface area contributed by atoms with Crippen LogP contribution < -0.4 is 15.6 Å². The van der Waals surface area contributed by atoms with Gasteiger partial charge in [-0.3, -0.25) is 9.59 Å². The first-order chi connectivity index (χ1) is 11.0. The lowest BCUT2D eigenvalue weighted by Gasteiger charge is -2.13. The molecule has 1 amide bonds. The Morgan fingerprint density at radius 1 is 1.35 bits per heavy atom. The number of amides is 1. The molecule has 0 unspecified atom stereocenters. The number of aromatic nitrogens is 1. The summed E-state index contributed by atoms with van der Waals surface area (Å²) in [5.41, 5.74) is 1.36. The first-order valence-electron chi connectivity index (χ1n) is 7.02. The summed E-state index contributed by atoms with van der Waals surface area (Å²) in [6.45, 7) is 3.26. The van der Waals surface area contributed by atoms with Crippen LogP contribution in [-0.2, 0) is 11.3 Å². The lowest BCUT2D eigenvalue weighted by atomic mass is 10.1. The van der Waals surface area contributed by atoms with E-state index in [1.54, 1.807) is 44.2 Å². The van der Waals surface area contributed by atoms with Crippen molar-refractivity contribution in [1.82, 2.24) is 4.57 Å². The first-order valence-corrected chi connectivity index (χ1v) is 7.02. The molecule has 0 bridgehead atoms. The van der Waals surface area contributed by atoms with Crippen LogP contribution in [0.25, 0.3) is 0 Å². The van der Waals surface area contributed by atoms with Crippen LogP contribution in [0.15, 0.2) is 35.1 Å². The molecule has 6 heteroatoms. The number of nitrogens with zero attached hydrogens (tertiary/aromatic N) is 2. The Balaban J connectivity index is 2.28. The topological polar surface area (TPSA) is 84.1 Å². The van der Waals surface area contributed by atoms with Crippen LogP contribution in [0.5, 0.6) is 5.75 Å². The van der Waals surface area contributed by atoms with E-state index in [4.69, 9.17) is 10.00 Å². The average Bonchev–Trinajstić information content (AvgIpc) is 2.52. The van der Waals surface area contributed by atoms with Crippen molar-refractivity contribution in [2.24, 2.45) is 0 Å². The molecule has 2 aromatic rings. The zero-order chi connectivity index (χ0) is 17.0. The molecule has 1 aromatic carbocycles. The van der Waals surface area contributed by atoms with Crippen molar-refractivity contribution in [2.45, 2.75) is 20.4 Å². The van der Waals surface area contributed by atoms with Gasteiger partial charge in [0.15, 0.2) is 0 Å². The maximum atomic E-state index is 12.3. The quantitative estimate of drug-likeness (QED) is 0.935. The predicted octanol–water partition coefficient (Wildman–Crippen LogP) is 1.98. The zero-order valence-corrected chi connectivity index (χ0v) is 13.2. The number of anilines is 1. The number of rotatable bonds is 4. The Labute approximate surface area is 133 Å². The molecule has 6 nitrogen and oxygen atoms in total. The number of para-hydroxylation sites is 2. The van der Waals surface area contributed by atoms with Crippen LogP contribution in [0.2, 0.25) is 0 Å². The van der Waals surface area contributed by atoms with E-state index in [2.05, 4.69) is 5.32 Å². The van der Waals surface area contributed by atoms with Gasteiger partial charge in [0.25, 0.3) is 5.56 Å². The van der Waals surface area contributed by atoms with Crippen molar-refractivity contribution in [2.75, 3.05) is 12.4 Å². The summed E-state index contributed by atoms with van der Waals surface area (Å²) >= 11 is 0. The molecule has 23 heavy (non-hydrogen) atoms. The molecule has 1 heterocycles. The summed E-state index contributed by atoms with van der Waals surface area (Å²) in [6, 6.07) is 10.6. The summed E-state index contributed by atoms with van der Waals surface area (Å²) in [7, 11) is 1.51. The molecule has 0 saturated carbocycles. The largest absolute Gasteiger partial charge is 0.495 e. The predicted molar refractivity (Wildman–Crippen MR) is 86.5 cm³/mol. The number of methoxy groups -OCH3 is 1. The van der Waals surface area contributed by atoms with Crippen LogP contribution in [0.3, 0.4) is 0 Å². The smallest absolute Gasteiger partial charge is 0.269 e. The Morgan fingerprint density at radius 2 is 2.04 bits per heavy atom. The van der Waals surface area contributed by atoms with Crippen molar-refractivity contribution in [3.05, 3.63) is 57.5 Å². The summed E-state index contributed by atoms with van der Waals surface area (Å²) in [5, 5.41) is 11.8. The van der Waals surface area contributed by atoms with Crippen LogP contribution >= 0.6 is 0 Å². The van der Waals surface area contributed by atoms with Crippen LogP contribution in [0.4, 0.5) is 5.69 Å². The van der Waals surface area contributed by atoms with Crippen LogP contribution in [0, 0.1) is 25.2 Å². The average molecular weight is 311 g/mol. The monoisotopic (exact) mass is 311 g/mol. The summed E-state index contributed by atoms with van der Waals surface area (Å²) in [6.07, 6.45) is 0. The number of nitriles is 1. The number of benzene rings is 1. The molecule has 0 radical (unpaired) electrons. The van der Waals surface area contributed by atoms with E-state index in [0.29, 0.717) is 22.7 Å². The molecular weight excluding hydrogens is 294 g/mol. The molecule has 0 atom stereocenters. The third-order valence-electron chi connectivity index (χ3n) is 3.50. The van der Waals surface area contributed by atoms with Gasteiger partial charge in [0.05, 0.1) is 12.8 Å². The van der Waals surface area contributed by atoms with Crippen molar-refractivity contribution in [3.63, 3.8) is 0 Å². The van der Waals surface area contributed by atoms with Gasteiger partial charge in [-0.2, -0.15) is 5.26 Å². The normalized spacial score (nSPS) is 10.0. The molecule has 0 spiro atoms. The molecular formula is C17H17N3O3. The van der Waals surface area contributed by atoms with E-state index in [1.165, 1.54) is 11.7 Å². The Morgan fingerprint density at radius 3 is 2.70 bits per heavy atom. The van der Waals surface area contributed by atoms with Crippen molar-refractivity contribution >= 4 is 11.6 Å². The van der Waals surface area contributed by atoms with Crippen LogP contribution in [0.1, 0.15) is 16.8 Å². The number of aryl methyl sites for hydroxylation is 2. The van der Waals surface area contributed by atoms with Gasteiger partial charge in [0.1, 0.15) is 23.9 Å². The van der Waals surface area contributed by atoms with Crippen molar-refractivity contribution < 1.29 is 9.53 Å². The van der Waals surface area contributed by atoms with E-state index in [1.807, 2.05) is 6.07 Å². The Bertz CT molecular complexity index is 847. The molecule has 118 valence electrons. The minimum Gasteiger partial charge on any atom is -0.495 e. The molecule has 0 saturated heterocycles. The van der Waals surface area contributed by atoms with Crippen molar-refractivity contribution in [3.8, 4) is 11.8 Å². The second-order valence-corrected chi connectivity index (χ2v) is 5.10. The highest BCUT2D eigenvalue weighted by Gasteiger charge is 2.14. The Kier molecular flexibility index (Phi) is 4.82. The molecule has 0 fully saturated rings. The lowest BCUT2D eigenvalue weighted by Crippen LogP contribution is -2.31. The van der Waals surface area contributed by atoms with Crippen LogP contribution in [-0.4, -0.2) is 17.6 Å². The fraction of sp³-hybridized carbons (Fsp3) is 0.235. The van der Waals surface area contributed by atoms with Gasteiger partial charge in [-0.1, -0.05) is 12.1 Å². The zero-order valence-electron chi connectivity index (χ0n) is 13.2. The van der Waals surface area contributed by atoms with Gasteiger partial charge in [-0.25, -0.2) is 0 Å². The van der Waals surface area contributed by atoms with E-state index in [9.17, 15) is 9.59 Å². The van der Waals surface area contributed by atoms with Gasteiger partial charge >= 0.3 is 0 Å². The minimum absolute atomic E-state index is 0.0562. The van der Waals surface area contributed by atoms with Gasteiger partial charge in [-0.15, -0.1) is 0 Å². The molecule has 2 rings (SSSR count). The summed E-state index contributed by atoms with van der Waals surface area (Å²) in [5.74, 6) is 0.166. The third-order valence-corrected chi connectivity index (χ3v) is 3.50. The number of carbonyl (C=O) groups excluding carboxylic acids is 1. The van der Waals surface area contributed by atoms with E-state index in [-0.39, 0.29) is 18.0 Å². The number of pyridine rings is 1. The molecule has 1 N–H and O–H groups in total. The van der Waals surface area contributed by atoms with Gasteiger partial charge in [0.2, 0.25) is 5.91 Å². The fourth-order valence-corrected chi connectivity index (χ4v) is 2.34. The number of hydrogen-bond acceptors (Lipinski definition) is 4.